The molecule has 2 aliphatic rings. The molecule has 7 heteroatoms. The van der Waals surface area contributed by atoms with Crippen LogP contribution in [0.15, 0.2) is 47.6 Å². The number of rotatable bonds is 3. The summed E-state index contributed by atoms with van der Waals surface area (Å²) in [6.45, 7) is 1.47. The molecule has 0 aromatic heterocycles. The van der Waals surface area contributed by atoms with Gasteiger partial charge in [-0.3, -0.25) is 14.9 Å². The molecule has 1 heterocycles. The number of nitrogens with zero attached hydrogens (tertiary/aromatic N) is 3. The van der Waals surface area contributed by atoms with Gasteiger partial charge in [0.25, 0.3) is 5.69 Å². The Morgan fingerprint density at radius 1 is 1.30 bits per heavy atom. The minimum atomic E-state index is -0.419. The average molecular weight is 365 g/mol. The van der Waals surface area contributed by atoms with Gasteiger partial charge in [0.1, 0.15) is 5.75 Å². The molecule has 2 unspecified atom stereocenters. The van der Waals surface area contributed by atoms with Crippen LogP contribution in [-0.4, -0.2) is 28.7 Å². The molecular weight excluding hydrogens is 346 g/mol. The quantitative estimate of drug-likeness (QED) is 0.616. The lowest BCUT2D eigenvalue weighted by Gasteiger charge is -2.29. The summed E-state index contributed by atoms with van der Waals surface area (Å²) in [4.78, 5) is 23.1. The van der Waals surface area contributed by atoms with Crippen LogP contribution in [0.5, 0.6) is 5.75 Å². The van der Waals surface area contributed by atoms with Crippen LogP contribution in [0, 0.1) is 16.0 Å². The van der Waals surface area contributed by atoms with Gasteiger partial charge in [0.15, 0.2) is 0 Å². The van der Waals surface area contributed by atoms with Crippen molar-refractivity contribution in [3.05, 3.63) is 69.3 Å². The second-order valence-corrected chi connectivity index (χ2v) is 6.79. The van der Waals surface area contributed by atoms with E-state index in [9.17, 15) is 14.9 Å². The van der Waals surface area contributed by atoms with Crippen molar-refractivity contribution in [1.82, 2.24) is 5.01 Å². The first-order valence-electron chi connectivity index (χ1n) is 8.80. The lowest BCUT2D eigenvalue weighted by atomic mass is 9.77. The average Bonchev–Trinajstić information content (AvgIpc) is 3.07. The fraction of sp³-hybridized carbons (Fsp3) is 0.300. The Kier molecular flexibility index (Phi) is 4.14. The second-order valence-electron chi connectivity index (χ2n) is 6.79. The van der Waals surface area contributed by atoms with Crippen LogP contribution >= 0.6 is 0 Å². The first-order valence-corrected chi connectivity index (χ1v) is 8.80. The van der Waals surface area contributed by atoms with Crippen LogP contribution in [-0.2, 0) is 11.2 Å². The third-order valence-corrected chi connectivity index (χ3v) is 5.27. The van der Waals surface area contributed by atoms with Crippen LogP contribution in [0.25, 0.3) is 0 Å². The highest BCUT2D eigenvalue weighted by atomic mass is 16.6. The van der Waals surface area contributed by atoms with Crippen molar-refractivity contribution in [2.45, 2.75) is 25.8 Å². The molecule has 2 aromatic carbocycles. The molecule has 138 valence electrons. The van der Waals surface area contributed by atoms with E-state index in [4.69, 9.17) is 4.74 Å². The number of ether oxygens (including phenoxy) is 1. The molecule has 0 N–H and O–H groups in total. The SMILES string of the molecule is COc1cccc2c1C1=NN(C(C)=O)C(c3cccc([N+](=O)[O-])c3)C1CC2. The molecule has 0 spiro atoms. The number of carbonyl (C=O) groups excluding carboxylic acids is 1. The van der Waals surface area contributed by atoms with E-state index in [1.807, 2.05) is 18.2 Å². The maximum absolute atomic E-state index is 12.3. The standard InChI is InChI=1S/C20H19N3O4/c1-12(24)22-20(14-6-3-7-15(11-14)23(25)26)16-10-9-13-5-4-8-17(27-2)18(13)19(16)21-22/h3-8,11,16,20H,9-10H2,1-2H3. The molecule has 27 heavy (non-hydrogen) atoms. The minimum absolute atomic E-state index is 0.0123. The van der Waals surface area contributed by atoms with E-state index < -0.39 is 4.92 Å². The molecule has 2 aromatic rings. The molecule has 0 bridgehead atoms. The Hall–Kier alpha value is -3.22. The van der Waals surface area contributed by atoms with E-state index in [2.05, 4.69) is 11.2 Å². The molecular formula is C20H19N3O4. The Labute approximate surface area is 156 Å². The number of amides is 1. The van der Waals surface area contributed by atoms with E-state index in [1.54, 1.807) is 13.2 Å². The minimum Gasteiger partial charge on any atom is -0.496 e. The number of fused-ring (bicyclic) bond motifs is 3. The maximum atomic E-state index is 12.3. The highest BCUT2D eigenvalue weighted by Crippen LogP contribution is 2.45. The normalized spacial score (nSPS) is 20.5. The number of aryl methyl sites for hydroxylation is 1. The molecule has 0 saturated carbocycles. The van der Waals surface area contributed by atoms with E-state index in [1.165, 1.54) is 24.1 Å². The second kappa shape index (κ2) is 6.50. The van der Waals surface area contributed by atoms with Crippen molar-refractivity contribution < 1.29 is 14.5 Å². The van der Waals surface area contributed by atoms with Gasteiger partial charge in [0.05, 0.1) is 23.8 Å². The van der Waals surface area contributed by atoms with Gasteiger partial charge in [-0.25, -0.2) is 5.01 Å². The first-order chi connectivity index (χ1) is 13.0. The van der Waals surface area contributed by atoms with E-state index in [0.29, 0.717) is 0 Å². The summed E-state index contributed by atoms with van der Waals surface area (Å²) < 4.78 is 5.53. The summed E-state index contributed by atoms with van der Waals surface area (Å²) in [5.41, 5.74) is 3.64. The third kappa shape index (κ3) is 2.75. The number of nitro benzene ring substituents is 1. The third-order valence-electron chi connectivity index (χ3n) is 5.27. The van der Waals surface area contributed by atoms with Crippen LogP contribution < -0.4 is 4.74 Å². The van der Waals surface area contributed by atoms with Crippen molar-refractivity contribution in [2.24, 2.45) is 11.0 Å². The van der Waals surface area contributed by atoms with Gasteiger partial charge in [0.2, 0.25) is 5.91 Å². The van der Waals surface area contributed by atoms with Crippen molar-refractivity contribution >= 4 is 17.3 Å². The summed E-state index contributed by atoms with van der Waals surface area (Å²) in [6.07, 6.45) is 1.66. The van der Waals surface area contributed by atoms with Gasteiger partial charge < -0.3 is 4.74 Å². The van der Waals surface area contributed by atoms with Crippen LogP contribution in [0.1, 0.15) is 36.1 Å². The molecule has 4 rings (SSSR count). The number of hydrogen-bond acceptors (Lipinski definition) is 5. The van der Waals surface area contributed by atoms with Gasteiger partial charge >= 0.3 is 0 Å². The number of benzene rings is 2. The highest BCUT2D eigenvalue weighted by Gasteiger charge is 2.44. The van der Waals surface area contributed by atoms with E-state index in [-0.39, 0.29) is 23.6 Å². The summed E-state index contributed by atoms with van der Waals surface area (Å²) in [5, 5.41) is 17.3. The molecule has 1 amide bonds. The molecule has 7 nitrogen and oxygen atoms in total. The molecule has 2 atom stereocenters. The van der Waals surface area contributed by atoms with Gasteiger partial charge in [-0.1, -0.05) is 24.3 Å². The van der Waals surface area contributed by atoms with Crippen molar-refractivity contribution in [1.29, 1.82) is 0 Å². The molecule has 0 radical (unpaired) electrons. The van der Waals surface area contributed by atoms with E-state index in [0.717, 1.165) is 41.0 Å². The zero-order valence-electron chi connectivity index (χ0n) is 15.1. The van der Waals surface area contributed by atoms with Crippen LogP contribution in [0.4, 0.5) is 5.69 Å². The van der Waals surface area contributed by atoms with Crippen molar-refractivity contribution in [3.8, 4) is 5.75 Å². The molecule has 0 fully saturated rings. The summed E-state index contributed by atoms with van der Waals surface area (Å²) >= 11 is 0. The summed E-state index contributed by atoms with van der Waals surface area (Å²) in [7, 11) is 1.62. The predicted molar refractivity (Wildman–Crippen MR) is 99.7 cm³/mol. The number of non-ortho nitro benzene ring substituents is 1. The lowest BCUT2D eigenvalue weighted by molar-refractivity contribution is -0.385. The van der Waals surface area contributed by atoms with Crippen LogP contribution in [0.3, 0.4) is 0 Å². The molecule has 1 aliphatic heterocycles. The topological polar surface area (TPSA) is 85.0 Å². The monoisotopic (exact) mass is 365 g/mol. The van der Waals surface area contributed by atoms with Crippen molar-refractivity contribution in [2.75, 3.05) is 7.11 Å². The maximum Gasteiger partial charge on any atom is 0.269 e. The predicted octanol–water partition coefficient (Wildman–Crippen LogP) is 3.47. The van der Waals surface area contributed by atoms with Gasteiger partial charge in [-0.15, -0.1) is 0 Å². The van der Waals surface area contributed by atoms with Crippen molar-refractivity contribution in [3.63, 3.8) is 0 Å². The number of hydrazone groups is 1. The first kappa shape index (κ1) is 17.2. The number of methoxy groups -OCH3 is 1. The zero-order chi connectivity index (χ0) is 19.1. The fourth-order valence-corrected chi connectivity index (χ4v) is 4.12. The molecule has 1 aliphatic carbocycles. The summed E-state index contributed by atoms with van der Waals surface area (Å²) in [5.74, 6) is 0.517. The number of hydrogen-bond donors (Lipinski definition) is 0. The Bertz CT molecular complexity index is 955. The number of nitro groups is 1. The Morgan fingerprint density at radius 2 is 2.07 bits per heavy atom. The highest BCUT2D eigenvalue weighted by molar-refractivity contribution is 6.08. The van der Waals surface area contributed by atoms with Gasteiger partial charge in [-0.2, -0.15) is 5.10 Å². The molecule has 0 saturated heterocycles. The Morgan fingerprint density at radius 3 is 2.78 bits per heavy atom. The van der Waals surface area contributed by atoms with E-state index >= 15 is 0 Å². The largest absolute Gasteiger partial charge is 0.496 e. The van der Waals surface area contributed by atoms with Gasteiger partial charge in [-0.05, 0) is 30.0 Å². The number of carbonyl (C=O) groups is 1. The lowest BCUT2D eigenvalue weighted by Crippen LogP contribution is -2.31. The van der Waals surface area contributed by atoms with Gasteiger partial charge in [0, 0.05) is 30.5 Å². The fourth-order valence-electron chi connectivity index (χ4n) is 4.12. The zero-order valence-corrected chi connectivity index (χ0v) is 15.1. The van der Waals surface area contributed by atoms with Crippen LogP contribution in [0.2, 0.25) is 0 Å². The smallest absolute Gasteiger partial charge is 0.269 e. The Balaban J connectivity index is 1.84. The summed E-state index contributed by atoms with van der Waals surface area (Å²) in [6, 6.07) is 12.0.